The molecule has 0 aromatic heterocycles. The maximum absolute atomic E-state index is 12.6. The van der Waals surface area contributed by atoms with Crippen molar-refractivity contribution in [3.8, 4) is 0 Å². The van der Waals surface area contributed by atoms with Gasteiger partial charge in [-0.3, -0.25) is 4.79 Å². The highest BCUT2D eigenvalue weighted by molar-refractivity contribution is 6.33. The van der Waals surface area contributed by atoms with E-state index >= 15 is 0 Å². The number of rotatable bonds is 5. The minimum absolute atomic E-state index is 0.151. The minimum atomic E-state index is -0.197. The molecule has 1 saturated heterocycles. The SMILES string of the molecule is O=C(Nc1ccc(Nc2ccccc2Cl)cc1)c1ccc(N2CCC(O)CC2)cc1. The highest BCUT2D eigenvalue weighted by Gasteiger charge is 2.17. The normalized spacial score (nSPS) is 14.4. The number of carbonyl (C=O) groups excluding carboxylic acids is 1. The van der Waals surface area contributed by atoms with Crippen LogP contribution in [0, 0.1) is 0 Å². The Kier molecular flexibility index (Phi) is 6.21. The summed E-state index contributed by atoms with van der Waals surface area (Å²) in [7, 11) is 0. The first kappa shape index (κ1) is 20.3. The first-order chi connectivity index (χ1) is 14.6. The standard InChI is InChI=1S/C24H24ClN3O2/c25-22-3-1-2-4-23(22)26-18-7-9-19(10-8-18)27-24(30)17-5-11-20(12-6-17)28-15-13-21(29)14-16-28/h1-12,21,26,29H,13-16H2,(H,27,30). The Morgan fingerprint density at radius 1 is 0.900 bits per heavy atom. The van der Waals surface area contributed by atoms with Crippen LogP contribution >= 0.6 is 11.6 Å². The van der Waals surface area contributed by atoms with Crippen molar-refractivity contribution in [2.24, 2.45) is 0 Å². The predicted molar refractivity (Wildman–Crippen MR) is 123 cm³/mol. The number of benzene rings is 3. The number of aliphatic hydroxyl groups excluding tert-OH is 1. The summed E-state index contributed by atoms with van der Waals surface area (Å²) in [5.74, 6) is -0.151. The van der Waals surface area contributed by atoms with Crippen LogP contribution in [0.2, 0.25) is 5.02 Å². The number of halogens is 1. The fourth-order valence-corrected chi connectivity index (χ4v) is 3.69. The molecule has 5 nitrogen and oxygen atoms in total. The average Bonchev–Trinajstić information content (AvgIpc) is 2.77. The fourth-order valence-electron chi connectivity index (χ4n) is 3.51. The molecule has 1 aliphatic heterocycles. The van der Waals surface area contributed by atoms with Crippen LogP contribution in [0.15, 0.2) is 72.8 Å². The fraction of sp³-hybridized carbons (Fsp3) is 0.208. The third kappa shape index (κ3) is 4.93. The molecule has 154 valence electrons. The van der Waals surface area contributed by atoms with Crippen molar-refractivity contribution in [3.63, 3.8) is 0 Å². The Bertz CT molecular complexity index is 998. The molecule has 0 bridgehead atoms. The van der Waals surface area contributed by atoms with E-state index in [-0.39, 0.29) is 12.0 Å². The van der Waals surface area contributed by atoms with Gasteiger partial charge in [0.2, 0.25) is 0 Å². The van der Waals surface area contributed by atoms with E-state index in [1.165, 1.54) is 0 Å². The molecular formula is C24H24ClN3O2. The number of para-hydroxylation sites is 1. The van der Waals surface area contributed by atoms with Crippen molar-refractivity contribution >= 4 is 40.3 Å². The van der Waals surface area contributed by atoms with Crippen LogP contribution in [0.5, 0.6) is 0 Å². The summed E-state index contributed by atoms with van der Waals surface area (Å²) in [4.78, 5) is 14.8. The van der Waals surface area contributed by atoms with E-state index < -0.39 is 0 Å². The van der Waals surface area contributed by atoms with E-state index in [0.29, 0.717) is 10.6 Å². The summed E-state index contributed by atoms with van der Waals surface area (Å²) in [6.45, 7) is 1.67. The van der Waals surface area contributed by atoms with Gasteiger partial charge in [-0.25, -0.2) is 0 Å². The van der Waals surface area contributed by atoms with Crippen molar-refractivity contribution in [2.45, 2.75) is 18.9 Å². The number of amides is 1. The van der Waals surface area contributed by atoms with E-state index in [0.717, 1.165) is 48.7 Å². The van der Waals surface area contributed by atoms with Gasteiger partial charge < -0.3 is 20.6 Å². The molecule has 0 aliphatic carbocycles. The molecule has 0 saturated carbocycles. The molecule has 0 radical (unpaired) electrons. The molecule has 3 aromatic rings. The molecule has 3 N–H and O–H groups in total. The van der Waals surface area contributed by atoms with E-state index in [9.17, 15) is 9.90 Å². The lowest BCUT2D eigenvalue weighted by Gasteiger charge is -2.31. The molecule has 3 aromatic carbocycles. The summed E-state index contributed by atoms with van der Waals surface area (Å²) in [5, 5.41) is 16.5. The number of aliphatic hydroxyl groups is 1. The lowest BCUT2D eigenvalue weighted by Crippen LogP contribution is -2.35. The first-order valence-electron chi connectivity index (χ1n) is 10.0. The second kappa shape index (κ2) is 9.20. The van der Waals surface area contributed by atoms with E-state index in [1.54, 1.807) is 0 Å². The summed E-state index contributed by atoms with van der Waals surface area (Å²) >= 11 is 6.18. The molecular weight excluding hydrogens is 398 g/mol. The second-order valence-corrected chi connectivity index (χ2v) is 7.81. The topological polar surface area (TPSA) is 64.6 Å². The van der Waals surface area contributed by atoms with Gasteiger partial charge in [-0.2, -0.15) is 0 Å². The lowest BCUT2D eigenvalue weighted by molar-refractivity contribution is 0.102. The number of anilines is 4. The maximum Gasteiger partial charge on any atom is 0.255 e. The van der Waals surface area contributed by atoms with Gasteiger partial charge >= 0.3 is 0 Å². The summed E-state index contributed by atoms with van der Waals surface area (Å²) in [5.41, 5.74) is 4.12. The molecule has 0 unspecified atom stereocenters. The van der Waals surface area contributed by atoms with Crippen molar-refractivity contribution < 1.29 is 9.90 Å². The van der Waals surface area contributed by atoms with Crippen LogP contribution in [0.1, 0.15) is 23.2 Å². The molecule has 4 rings (SSSR count). The molecule has 6 heteroatoms. The average molecular weight is 422 g/mol. The Hall–Kier alpha value is -3.02. The van der Waals surface area contributed by atoms with Crippen LogP contribution in [0.3, 0.4) is 0 Å². The summed E-state index contributed by atoms with van der Waals surface area (Å²) < 4.78 is 0. The van der Waals surface area contributed by atoms with Crippen LogP contribution in [0.4, 0.5) is 22.7 Å². The Labute approximate surface area is 181 Å². The monoisotopic (exact) mass is 421 g/mol. The van der Waals surface area contributed by atoms with Crippen LogP contribution in [0.25, 0.3) is 0 Å². The number of nitrogens with zero attached hydrogens (tertiary/aromatic N) is 1. The van der Waals surface area contributed by atoms with Crippen LogP contribution in [-0.4, -0.2) is 30.2 Å². The molecule has 1 heterocycles. The zero-order chi connectivity index (χ0) is 20.9. The van der Waals surface area contributed by atoms with Gasteiger partial charge in [0.05, 0.1) is 16.8 Å². The van der Waals surface area contributed by atoms with E-state index in [4.69, 9.17) is 11.6 Å². The predicted octanol–water partition coefficient (Wildman–Crippen LogP) is 5.30. The highest BCUT2D eigenvalue weighted by atomic mass is 35.5. The van der Waals surface area contributed by atoms with Gasteiger partial charge in [0, 0.05) is 35.7 Å². The number of hydrogen-bond acceptors (Lipinski definition) is 4. The van der Waals surface area contributed by atoms with Crippen LogP contribution in [-0.2, 0) is 0 Å². The van der Waals surface area contributed by atoms with Crippen molar-refractivity contribution in [3.05, 3.63) is 83.4 Å². The molecule has 1 fully saturated rings. The number of nitrogens with one attached hydrogen (secondary N) is 2. The largest absolute Gasteiger partial charge is 0.393 e. The molecule has 0 atom stereocenters. The molecule has 0 spiro atoms. The number of hydrogen-bond donors (Lipinski definition) is 3. The van der Waals surface area contributed by atoms with E-state index in [2.05, 4.69) is 15.5 Å². The Morgan fingerprint density at radius 2 is 1.53 bits per heavy atom. The maximum atomic E-state index is 12.6. The number of piperidine rings is 1. The van der Waals surface area contributed by atoms with Crippen molar-refractivity contribution in [1.82, 2.24) is 0 Å². The molecule has 30 heavy (non-hydrogen) atoms. The third-order valence-corrected chi connectivity index (χ3v) is 5.58. The molecule has 1 amide bonds. The summed E-state index contributed by atoms with van der Waals surface area (Å²) in [6.07, 6.45) is 1.37. The zero-order valence-corrected chi connectivity index (χ0v) is 17.3. The van der Waals surface area contributed by atoms with Gasteiger partial charge in [0.25, 0.3) is 5.91 Å². The van der Waals surface area contributed by atoms with Gasteiger partial charge in [-0.15, -0.1) is 0 Å². The smallest absolute Gasteiger partial charge is 0.255 e. The summed E-state index contributed by atoms with van der Waals surface area (Å²) in [6, 6.07) is 22.6. The van der Waals surface area contributed by atoms with Crippen molar-refractivity contribution in [1.29, 1.82) is 0 Å². The molecule has 1 aliphatic rings. The van der Waals surface area contributed by atoms with Crippen molar-refractivity contribution in [2.75, 3.05) is 28.6 Å². The van der Waals surface area contributed by atoms with Gasteiger partial charge in [0.15, 0.2) is 0 Å². The van der Waals surface area contributed by atoms with Gasteiger partial charge in [-0.1, -0.05) is 23.7 Å². The Morgan fingerprint density at radius 3 is 2.20 bits per heavy atom. The van der Waals surface area contributed by atoms with Crippen LogP contribution < -0.4 is 15.5 Å². The second-order valence-electron chi connectivity index (χ2n) is 7.40. The van der Waals surface area contributed by atoms with Gasteiger partial charge in [-0.05, 0) is 73.5 Å². The Balaban J connectivity index is 1.36. The lowest BCUT2D eigenvalue weighted by atomic mass is 10.1. The highest BCUT2D eigenvalue weighted by Crippen LogP contribution is 2.26. The van der Waals surface area contributed by atoms with E-state index in [1.807, 2.05) is 72.8 Å². The van der Waals surface area contributed by atoms with Gasteiger partial charge in [0.1, 0.15) is 0 Å². The quantitative estimate of drug-likeness (QED) is 0.523. The first-order valence-corrected chi connectivity index (χ1v) is 10.4. The minimum Gasteiger partial charge on any atom is -0.393 e. The zero-order valence-electron chi connectivity index (χ0n) is 16.5. The number of carbonyl (C=O) groups is 1. The third-order valence-electron chi connectivity index (χ3n) is 5.25.